The second kappa shape index (κ2) is 5.06. The molecule has 0 radical (unpaired) electrons. The Hall–Kier alpha value is -1.47. The zero-order valence-corrected chi connectivity index (χ0v) is 12.2. The maximum absolute atomic E-state index is 12.3. The summed E-state index contributed by atoms with van der Waals surface area (Å²) in [6.45, 7) is 5.18. The van der Waals surface area contributed by atoms with Gasteiger partial charge in [-0.15, -0.1) is 0 Å². The number of amides is 2. The summed E-state index contributed by atoms with van der Waals surface area (Å²) in [5.41, 5.74) is -0.663. The molecule has 8 heteroatoms. The zero-order chi connectivity index (χ0) is 16.0. The van der Waals surface area contributed by atoms with Gasteiger partial charge in [0, 0.05) is 6.04 Å². The standard InChI is InChI=1S/C13H19F3N2O3/c1-12(2,3)21-11(20)18-7-4-5-9(18)8(6-7)17-10(19)13(14,15)16/h7-9H,4-6H2,1-3H3,(H,17,19)/t7-,8-,9-/m0/s1. The molecule has 2 amide bonds. The van der Waals surface area contributed by atoms with Gasteiger partial charge in [-0.2, -0.15) is 13.2 Å². The molecule has 2 aliphatic rings. The third-order valence-corrected chi connectivity index (χ3v) is 3.72. The second-order valence-corrected chi connectivity index (χ2v) is 6.50. The van der Waals surface area contributed by atoms with Crippen LogP contribution in [0.4, 0.5) is 18.0 Å². The van der Waals surface area contributed by atoms with Gasteiger partial charge in [0.2, 0.25) is 0 Å². The fraction of sp³-hybridized carbons (Fsp3) is 0.846. The number of hydrogen-bond donors (Lipinski definition) is 1. The zero-order valence-electron chi connectivity index (χ0n) is 12.2. The first kappa shape index (κ1) is 15.9. The van der Waals surface area contributed by atoms with Crippen molar-refractivity contribution in [3.63, 3.8) is 0 Å². The molecule has 0 unspecified atom stereocenters. The minimum Gasteiger partial charge on any atom is -0.444 e. The van der Waals surface area contributed by atoms with E-state index in [9.17, 15) is 22.8 Å². The van der Waals surface area contributed by atoms with Crippen LogP contribution in [-0.2, 0) is 9.53 Å². The van der Waals surface area contributed by atoms with Gasteiger partial charge < -0.3 is 15.0 Å². The number of ether oxygens (including phenoxy) is 1. The summed E-state index contributed by atoms with van der Waals surface area (Å²) < 4.78 is 42.2. The van der Waals surface area contributed by atoms with Gasteiger partial charge in [-0.05, 0) is 40.0 Å². The highest BCUT2D eigenvalue weighted by atomic mass is 19.4. The maximum atomic E-state index is 12.3. The van der Waals surface area contributed by atoms with Gasteiger partial charge in [-0.25, -0.2) is 4.79 Å². The van der Waals surface area contributed by atoms with Crippen molar-refractivity contribution >= 4 is 12.0 Å². The van der Waals surface area contributed by atoms with Crippen molar-refractivity contribution in [2.75, 3.05) is 0 Å². The van der Waals surface area contributed by atoms with Crippen LogP contribution in [0, 0.1) is 0 Å². The summed E-state index contributed by atoms with van der Waals surface area (Å²) >= 11 is 0. The molecule has 3 atom stereocenters. The minimum absolute atomic E-state index is 0.164. The Bertz CT molecular complexity index is 445. The highest BCUT2D eigenvalue weighted by molar-refractivity contribution is 5.82. The van der Waals surface area contributed by atoms with E-state index >= 15 is 0 Å². The van der Waals surface area contributed by atoms with Crippen LogP contribution in [0.15, 0.2) is 0 Å². The highest BCUT2D eigenvalue weighted by Crippen LogP contribution is 2.39. The second-order valence-electron chi connectivity index (χ2n) is 6.50. The molecule has 2 aliphatic heterocycles. The largest absolute Gasteiger partial charge is 0.471 e. The number of carbonyl (C=O) groups excluding carboxylic acids is 2. The van der Waals surface area contributed by atoms with Crippen LogP contribution in [0.5, 0.6) is 0 Å². The van der Waals surface area contributed by atoms with Gasteiger partial charge in [0.1, 0.15) is 5.60 Å². The Kier molecular flexibility index (Phi) is 3.84. The third kappa shape index (κ3) is 3.41. The molecular formula is C13H19F3N2O3. The first-order valence-electron chi connectivity index (χ1n) is 6.88. The molecule has 120 valence electrons. The Morgan fingerprint density at radius 2 is 1.81 bits per heavy atom. The van der Waals surface area contributed by atoms with Crippen LogP contribution in [0.1, 0.15) is 40.0 Å². The number of nitrogens with zero attached hydrogens (tertiary/aromatic N) is 1. The average Bonchev–Trinajstić information content (AvgIpc) is 2.82. The number of halogens is 3. The Balaban J connectivity index is 2.02. The number of hydrogen-bond acceptors (Lipinski definition) is 3. The summed E-state index contributed by atoms with van der Waals surface area (Å²) in [6.07, 6.45) is -3.79. The van der Waals surface area contributed by atoms with E-state index < -0.39 is 35.9 Å². The van der Waals surface area contributed by atoms with E-state index in [-0.39, 0.29) is 6.04 Å². The lowest BCUT2D eigenvalue weighted by Gasteiger charge is -2.28. The molecule has 0 aromatic rings. The van der Waals surface area contributed by atoms with Gasteiger partial charge in [-0.1, -0.05) is 0 Å². The van der Waals surface area contributed by atoms with E-state index in [1.54, 1.807) is 20.8 Å². The lowest BCUT2D eigenvalue weighted by molar-refractivity contribution is -0.174. The Morgan fingerprint density at radius 1 is 1.19 bits per heavy atom. The molecule has 2 bridgehead atoms. The summed E-state index contributed by atoms with van der Waals surface area (Å²) in [7, 11) is 0. The van der Waals surface area contributed by atoms with Gasteiger partial charge in [-0.3, -0.25) is 4.79 Å². The van der Waals surface area contributed by atoms with E-state index in [1.807, 2.05) is 5.32 Å². The number of nitrogens with one attached hydrogen (secondary N) is 1. The van der Waals surface area contributed by atoms with Crippen molar-refractivity contribution in [3.05, 3.63) is 0 Å². The molecule has 2 heterocycles. The minimum atomic E-state index is -4.90. The lowest BCUT2D eigenvalue weighted by Crippen LogP contribution is -2.49. The maximum Gasteiger partial charge on any atom is 0.471 e. The number of carbonyl (C=O) groups is 2. The Morgan fingerprint density at radius 3 is 2.33 bits per heavy atom. The summed E-state index contributed by atoms with van der Waals surface area (Å²) in [4.78, 5) is 24.6. The SMILES string of the molecule is CC(C)(C)OC(=O)N1[C@H]2CC[C@H]1[C@@H](NC(=O)C(F)(F)F)C2. The lowest BCUT2D eigenvalue weighted by atomic mass is 9.95. The van der Waals surface area contributed by atoms with Gasteiger partial charge in [0.15, 0.2) is 0 Å². The van der Waals surface area contributed by atoms with Gasteiger partial charge in [0.05, 0.1) is 12.1 Å². The van der Waals surface area contributed by atoms with E-state index in [0.29, 0.717) is 12.8 Å². The summed E-state index contributed by atoms with van der Waals surface area (Å²) in [5, 5.41) is 1.98. The van der Waals surface area contributed by atoms with Crippen molar-refractivity contribution in [3.8, 4) is 0 Å². The van der Waals surface area contributed by atoms with E-state index in [4.69, 9.17) is 4.74 Å². The smallest absolute Gasteiger partial charge is 0.444 e. The van der Waals surface area contributed by atoms with E-state index in [0.717, 1.165) is 6.42 Å². The van der Waals surface area contributed by atoms with Crippen molar-refractivity contribution in [2.24, 2.45) is 0 Å². The molecule has 2 fully saturated rings. The third-order valence-electron chi connectivity index (χ3n) is 3.72. The molecule has 2 saturated heterocycles. The number of fused-ring (bicyclic) bond motifs is 2. The van der Waals surface area contributed by atoms with Crippen molar-refractivity contribution < 1.29 is 27.5 Å². The van der Waals surface area contributed by atoms with Crippen molar-refractivity contribution in [1.29, 1.82) is 0 Å². The molecule has 0 spiro atoms. The fourth-order valence-electron chi connectivity index (χ4n) is 2.99. The fourth-order valence-corrected chi connectivity index (χ4v) is 2.99. The first-order chi connectivity index (χ1) is 9.49. The molecule has 21 heavy (non-hydrogen) atoms. The summed E-state index contributed by atoms with van der Waals surface area (Å²) in [5.74, 6) is -1.95. The topological polar surface area (TPSA) is 58.6 Å². The normalized spacial score (nSPS) is 28.7. The predicted molar refractivity (Wildman–Crippen MR) is 67.5 cm³/mol. The number of rotatable bonds is 1. The number of alkyl halides is 3. The van der Waals surface area contributed by atoms with Crippen LogP contribution < -0.4 is 5.32 Å². The van der Waals surface area contributed by atoms with Crippen molar-refractivity contribution in [1.82, 2.24) is 10.2 Å². The van der Waals surface area contributed by atoms with Crippen LogP contribution in [0.2, 0.25) is 0 Å². The van der Waals surface area contributed by atoms with E-state index in [1.165, 1.54) is 4.90 Å². The molecule has 2 rings (SSSR count). The monoisotopic (exact) mass is 308 g/mol. The Labute approximate surface area is 120 Å². The predicted octanol–water partition coefficient (Wildman–Crippen LogP) is 2.21. The molecule has 0 aliphatic carbocycles. The molecule has 1 N–H and O–H groups in total. The van der Waals surface area contributed by atoms with Gasteiger partial charge in [0.25, 0.3) is 0 Å². The molecule has 0 aromatic carbocycles. The molecule has 5 nitrogen and oxygen atoms in total. The van der Waals surface area contributed by atoms with Crippen LogP contribution in [-0.4, -0.2) is 46.8 Å². The summed E-state index contributed by atoms with van der Waals surface area (Å²) in [6, 6.07) is -1.25. The molecular weight excluding hydrogens is 289 g/mol. The molecule has 0 aromatic heterocycles. The van der Waals surface area contributed by atoms with Crippen LogP contribution in [0.3, 0.4) is 0 Å². The van der Waals surface area contributed by atoms with E-state index in [2.05, 4.69) is 0 Å². The molecule has 0 saturated carbocycles. The van der Waals surface area contributed by atoms with Crippen LogP contribution >= 0.6 is 0 Å². The van der Waals surface area contributed by atoms with Crippen molar-refractivity contribution in [2.45, 2.75) is 69.9 Å². The van der Waals surface area contributed by atoms with Gasteiger partial charge >= 0.3 is 18.2 Å². The highest BCUT2D eigenvalue weighted by Gasteiger charge is 2.52. The first-order valence-corrected chi connectivity index (χ1v) is 6.88. The quantitative estimate of drug-likeness (QED) is 0.808. The van der Waals surface area contributed by atoms with Crippen LogP contribution in [0.25, 0.3) is 0 Å². The average molecular weight is 308 g/mol.